The summed E-state index contributed by atoms with van der Waals surface area (Å²) in [6, 6.07) is 0. The molecule has 0 aromatic carbocycles. The topological polar surface area (TPSA) is 34.1 Å². The van der Waals surface area contributed by atoms with Gasteiger partial charge in [-0.3, -0.25) is 0 Å². The van der Waals surface area contributed by atoms with Gasteiger partial charge in [0.25, 0.3) is 0 Å². The van der Waals surface area contributed by atoms with Crippen molar-refractivity contribution >= 4 is 51.4 Å². The monoisotopic (exact) mass is 173 g/mol. The predicted molar refractivity (Wildman–Crippen MR) is 7.13 cm³/mol. The average molecular weight is 172 g/mol. The summed E-state index contributed by atoms with van der Waals surface area (Å²) in [6.45, 7) is 0. The van der Waals surface area contributed by atoms with E-state index in [4.69, 9.17) is 7.15 Å². The minimum atomic E-state index is -1.79. The molecule has 0 saturated carbocycles. The van der Waals surface area contributed by atoms with E-state index in [0.29, 0.717) is 0 Å². The molecule has 0 N–H and O–H groups in total. The molecule has 0 atom stereocenters. The van der Waals surface area contributed by atoms with Gasteiger partial charge in [0.05, 0.1) is 0 Å². The summed E-state index contributed by atoms with van der Waals surface area (Å²) in [5, 5.41) is 0. The molecule has 0 aliphatic carbocycles. The Morgan fingerprint density at radius 2 is 1.25 bits per heavy atom. The summed E-state index contributed by atoms with van der Waals surface area (Å²) in [6.07, 6.45) is 0. The zero-order valence-electron chi connectivity index (χ0n) is 2.17. The van der Waals surface area contributed by atoms with Crippen LogP contribution in [0.15, 0.2) is 0 Å². The van der Waals surface area contributed by atoms with Gasteiger partial charge in [-0.15, -0.1) is 0 Å². The fourth-order valence-corrected chi connectivity index (χ4v) is 0. The first kappa shape index (κ1) is 9.29. The van der Waals surface area contributed by atoms with Gasteiger partial charge in [0.2, 0.25) is 0 Å². The van der Waals surface area contributed by atoms with Crippen LogP contribution in [0.5, 0.6) is 0 Å². The second-order valence-electron chi connectivity index (χ2n) is 0.0589. The van der Waals surface area contributed by atoms with Crippen molar-refractivity contribution in [2.24, 2.45) is 0 Å². The molecular formula is KO2Ru. The van der Waals surface area contributed by atoms with Gasteiger partial charge >= 0.3 is 24.2 Å². The molecule has 0 aromatic rings. The van der Waals surface area contributed by atoms with E-state index in [1.54, 1.807) is 0 Å². The summed E-state index contributed by atoms with van der Waals surface area (Å²) in [5.74, 6) is 0. The SMILES string of the molecule is [K].[O]=[Ru]=[O]. The quantitative estimate of drug-likeness (QED) is 0.456. The van der Waals surface area contributed by atoms with E-state index in [2.05, 4.69) is 0 Å². The van der Waals surface area contributed by atoms with Crippen LogP contribution in [0.2, 0.25) is 0 Å². The molecule has 0 aromatic heterocycles. The third kappa shape index (κ3) is 9.13. The summed E-state index contributed by atoms with van der Waals surface area (Å²) < 4.78 is 16.9. The molecule has 2 nitrogen and oxygen atoms in total. The first-order valence-electron chi connectivity index (χ1n) is 0.289. The van der Waals surface area contributed by atoms with Gasteiger partial charge in [-0.05, 0) is 0 Å². The molecule has 21 valence electrons. The van der Waals surface area contributed by atoms with Crippen molar-refractivity contribution in [3.05, 3.63) is 0 Å². The van der Waals surface area contributed by atoms with Gasteiger partial charge in [0.1, 0.15) is 0 Å². The van der Waals surface area contributed by atoms with Gasteiger partial charge in [0, 0.05) is 51.4 Å². The van der Waals surface area contributed by atoms with Gasteiger partial charge in [-0.25, -0.2) is 0 Å². The second-order valence-corrected chi connectivity index (χ2v) is 0.349. The number of rotatable bonds is 0. The molecular weight excluding hydrogens is 172 g/mol. The van der Waals surface area contributed by atoms with Crippen molar-refractivity contribution in [3.8, 4) is 0 Å². The molecule has 0 unspecified atom stereocenters. The molecule has 0 amide bonds. The van der Waals surface area contributed by atoms with Crippen LogP contribution in [-0.4, -0.2) is 51.4 Å². The zero-order chi connectivity index (χ0) is 2.71. The van der Waals surface area contributed by atoms with Crippen molar-refractivity contribution in [1.29, 1.82) is 0 Å². The van der Waals surface area contributed by atoms with Crippen molar-refractivity contribution in [2.75, 3.05) is 0 Å². The predicted octanol–water partition coefficient (Wildman–Crippen LogP) is -0.621. The molecule has 0 bridgehead atoms. The summed E-state index contributed by atoms with van der Waals surface area (Å²) in [7, 11) is 0. The maximum atomic E-state index is 8.46. The van der Waals surface area contributed by atoms with E-state index in [1.807, 2.05) is 0 Å². The Morgan fingerprint density at radius 3 is 1.25 bits per heavy atom. The molecule has 4 heteroatoms. The fraction of sp³-hybridized carbons (Fsp3) is 0. The fourth-order valence-electron chi connectivity index (χ4n) is 0. The van der Waals surface area contributed by atoms with Gasteiger partial charge in [-0.2, -0.15) is 0 Å². The van der Waals surface area contributed by atoms with Gasteiger partial charge in [0.15, 0.2) is 0 Å². The van der Waals surface area contributed by atoms with Crippen molar-refractivity contribution in [3.63, 3.8) is 0 Å². The summed E-state index contributed by atoms with van der Waals surface area (Å²) in [4.78, 5) is 0. The molecule has 0 aliphatic rings. The number of hydrogen-bond acceptors (Lipinski definition) is 2. The number of hydrogen-bond donors (Lipinski definition) is 0. The first-order chi connectivity index (χ1) is 1.41. The van der Waals surface area contributed by atoms with Crippen LogP contribution in [0.3, 0.4) is 0 Å². The van der Waals surface area contributed by atoms with E-state index < -0.39 is 17.0 Å². The van der Waals surface area contributed by atoms with Crippen molar-refractivity contribution in [1.82, 2.24) is 0 Å². The molecule has 1 radical (unpaired) electrons. The summed E-state index contributed by atoms with van der Waals surface area (Å²) in [5.41, 5.74) is 0. The zero-order valence-corrected chi connectivity index (χ0v) is 7.03. The molecule has 4 heavy (non-hydrogen) atoms. The van der Waals surface area contributed by atoms with Crippen LogP contribution in [-0.2, 0) is 24.2 Å². The van der Waals surface area contributed by atoms with Crippen LogP contribution in [0, 0.1) is 0 Å². The standard InChI is InChI=1S/K.2O.Ru. The Kier molecular flexibility index (Phi) is 20.6. The Balaban J connectivity index is 0. The summed E-state index contributed by atoms with van der Waals surface area (Å²) >= 11 is -1.79. The maximum absolute atomic E-state index is 8.46. The molecule has 0 spiro atoms. The first-order valence-corrected chi connectivity index (χ1v) is 1.71. The average Bonchev–Trinajstić information content (AvgIpc) is 0.918. The normalized spacial score (nSPS) is 4.00. The van der Waals surface area contributed by atoms with Crippen LogP contribution >= 0.6 is 0 Å². The minimum absolute atomic E-state index is 0. The molecule has 0 saturated heterocycles. The Labute approximate surface area is 73.9 Å². The van der Waals surface area contributed by atoms with E-state index in [0.717, 1.165) is 0 Å². The molecule has 0 rings (SSSR count). The Hall–Kier alpha value is 1.86. The molecule has 0 heterocycles. The third-order valence-corrected chi connectivity index (χ3v) is 0. The van der Waals surface area contributed by atoms with Crippen molar-refractivity contribution < 1.29 is 24.2 Å². The molecule has 0 aliphatic heterocycles. The Morgan fingerprint density at radius 1 is 1.25 bits per heavy atom. The van der Waals surface area contributed by atoms with Crippen LogP contribution in [0.4, 0.5) is 0 Å². The van der Waals surface area contributed by atoms with E-state index >= 15 is 0 Å². The Bertz CT molecular complexity index is 27.0. The van der Waals surface area contributed by atoms with E-state index in [1.165, 1.54) is 0 Å². The van der Waals surface area contributed by atoms with Gasteiger partial charge < -0.3 is 0 Å². The second kappa shape index (κ2) is 8.85. The van der Waals surface area contributed by atoms with Gasteiger partial charge in [-0.1, -0.05) is 0 Å². The van der Waals surface area contributed by atoms with E-state index in [-0.39, 0.29) is 51.4 Å². The van der Waals surface area contributed by atoms with Crippen LogP contribution in [0.1, 0.15) is 0 Å². The molecule has 0 fully saturated rings. The third-order valence-electron chi connectivity index (χ3n) is 0. The van der Waals surface area contributed by atoms with E-state index in [9.17, 15) is 0 Å². The van der Waals surface area contributed by atoms with Crippen LogP contribution < -0.4 is 0 Å². The van der Waals surface area contributed by atoms with Crippen molar-refractivity contribution in [2.45, 2.75) is 0 Å². The van der Waals surface area contributed by atoms with Crippen LogP contribution in [0.25, 0.3) is 0 Å².